The molecule has 0 bridgehead atoms. The summed E-state index contributed by atoms with van der Waals surface area (Å²) in [5, 5.41) is 13.2. The van der Waals surface area contributed by atoms with E-state index in [0.29, 0.717) is 23.4 Å². The molecule has 38 heavy (non-hydrogen) atoms. The molecular weight excluding hydrogens is 478 g/mol. The van der Waals surface area contributed by atoms with Crippen molar-refractivity contribution in [3.8, 4) is 28.3 Å². The summed E-state index contributed by atoms with van der Waals surface area (Å²) in [6.45, 7) is 3.83. The Balaban J connectivity index is 1.75. The second-order valence-corrected chi connectivity index (χ2v) is 9.18. The van der Waals surface area contributed by atoms with Crippen LogP contribution in [0.15, 0.2) is 79.1 Å². The minimum absolute atomic E-state index is 0.200. The van der Waals surface area contributed by atoms with E-state index in [-0.39, 0.29) is 11.9 Å². The van der Waals surface area contributed by atoms with E-state index in [1.54, 1.807) is 25.3 Å². The van der Waals surface area contributed by atoms with Crippen molar-refractivity contribution in [2.24, 2.45) is 0 Å². The van der Waals surface area contributed by atoms with Gasteiger partial charge in [0.2, 0.25) is 5.91 Å². The van der Waals surface area contributed by atoms with Crippen molar-refractivity contribution in [1.29, 1.82) is 5.26 Å². The first-order valence-corrected chi connectivity index (χ1v) is 12.2. The van der Waals surface area contributed by atoms with Crippen molar-refractivity contribution in [1.82, 2.24) is 14.5 Å². The van der Waals surface area contributed by atoms with Gasteiger partial charge in [-0.3, -0.25) is 14.2 Å². The van der Waals surface area contributed by atoms with E-state index in [9.17, 15) is 14.9 Å². The van der Waals surface area contributed by atoms with Crippen LogP contribution in [-0.4, -0.2) is 47.0 Å². The molecule has 0 aliphatic rings. The number of aromatic nitrogens is 2. The van der Waals surface area contributed by atoms with E-state index in [1.807, 2.05) is 78.3 Å². The number of hydrogen-bond donors (Lipinski definition) is 1. The van der Waals surface area contributed by atoms with Crippen molar-refractivity contribution in [2.45, 2.75) is 20.1 Å². The lowest BCUT2D eigenvalue weighted by Crippen LogP contribution is -2.12. The van der Waals surface area contributed by atoms with Gasteiger partial charge in [0.1, 0.15) is 5.65 Å². The first kappa shape index (κ1) is 26.3. The highest BCUT2D eigenvalue weighted by Crippen LogP contribution is 2.35. The van der Waals surface area contributed by atoms with Gasteiger partial charge in [-0.1, -0.05) is 30.3 Å². The smallest absolute Gasteiger partial charge is 0.304 e. The zero-order valence-corrected chi connectivity index (χ0v) is 21.8. The predicted octanol–water partition coefficient (Wildman–Crippen LogP) is 5.38. The Bertz CT molecular complexity index is 1560. The van der Waals surface area contributed by atoms with Gasteiger partial charge in [0.25, 0.3) is 0 Å². The van der Waals surface area contributed by atoms with Crippen molar-refractivity contribution in [2.75, 3.05) is 26.0 Å². The van der Waals surface area contributed by atoms with Crippen LogP contribution >= 0.6 is 0 Å². The average Bonchev–Trinajstić information content (AvgIpc) is 3.27. The fraction of sp³-hybridized carbons (Fsp3) is 0.200. The van der Waals surface area contributed by atoms with Gasteiger partial charge in [0, 0.05) is 54.1 Å². The van der Waals surface area contributed by atoms with Gasteiger partial charge >= 0.3 is 5.97 Å². The largest absolute Gasteiger partial charge is 0.442 e. The number of nitrogens with zero attached hydrogens (tertiary/aromatic N) is 4. The lowest BCUT2D eigenvalue weighted by molar-refractivity contribution is -0.149. The van der Waals surface area contributed by atoms with E-state index in [0.717, 1.165) is 27.6 Å². The Morgan fingerprint density at radius 1 is 1.13 bits per heavy atom. The van der Waals surface area contributed by atoms with Crippen LogP contribution < -0.4 is 5.32 Å². The van der Waals surface area contributed by atoms with Crippen molar-refractivity contribution in [3.63, 3.8) is 0 Å². The molecule has 8 heteroatoms. The summed E-state index contributed by atoms with van der Waals surface area (Å²) in [4.78, 5) is 30.7. The number of carbonyl (C=O) groups excluding carboxylic acids is 2. The number of fused-ring (bicyclic) bond motifs is 1. The van der Waals surface area contributed by atoms with Crippen LogP contribution in [0.5, 0.6) is 0 Å². The molecule has 1 N–H and O–H groups in total. The van der Waals surface area contributed by atoms with E-state index >= 15 is 0 Å². The third kappa shape index (κ3) is 6.14. The van der Waals surface area contributed by atoms with Gasteiger partial charge in [-0.05, 0) is 62.5 Å². The fourth-order valence-corrected chi connectivity index (χ4v) is 4.18. The highest BCUT2D eigenvalue weighted by molar-refractivity contribution is 6.00. The highest BCUT2D eigenvalue weighted by Gasteiger charge is 2.18. The first-order chi connectivity index (χ1) is 18.2. The minimum atomic E-state index is -0.569. The molecule has 1 atom stereocenters. The Labute approximate surface area is 221 Å². The van der Waals surface area contributed by atoms with Crippen LogP contribution in [0.4, 0.5) is 5.69 Å². The molecule has 0 spiro atoms. The number of ether oxygens (including phenoxy) is 1. The Kier molecular flexibility index (Phi) is 8.00. The van der Waals surface area contributed by atoms with E-state index in [1.165, 1.54) is 13.0 Å². The van der Waals surface area contributed by atoms with Crippen LogP contribution in [0.1, 0.15) is 25.6 Å². The summed E-state index contributed by atoms with van der Waals surface area (Å²) < 4.78 is 7.24. The molecule has 2 aromatic heterocycles. The highest BCUT2D eigenvalue weighted by atomic mass is 16.6. The predicted molar refractivity (Wildman–Crippen MR) is 148 cm³/mol. The van der Waals surface area contributed by atoms with E-state index in [4.69, 9.17) is 9.72 Å². The monoisotopic (exact) mass is 507 g/mol. The number of amides is 1. The number of nitrogens with one attached hydrogen (secondary N) is 1. The number of carbonyl (C=O) groups is 2. The van der Waals surface area contributed by atoms with Crippen LogP contribution in [0.3, 0.4) is 0 Å². The van der Waals surface area contributed by atoms with Crippen LogP contribution in [0.25, 0.3) is 33.3 Å². The number of pyridine rings is 1. The standard InChI is InChI=1S/C30H29N5O3/c1-20(38-21(2)36)35-19-28(24-10-5-8-22(14-24)17-31)27-16-25(18-32-30(27)35)23-9-6-11-26(15-23)33-29(37)12-7-13-34(3)4/h5-12,14-16,18-20H,13H2,1-4H3,(H,33,37). The molecule has 0 saturated heterocycles. The van der Waals surface area contributed by atoms with Crippen LogP contribution in [0.2, 0.25) is 0 Å². The zero-order chi connectivity index (χ0) is 27.2. The van der Waals surface area contributed by atoms with Gasteiger partial charge in [-0.15, -0.1) is 0 Å². The van der Waals surface area contributed by atoms with Crippen LogP contribution in [0, 0.1) is 11.3 Å². The Morgan fingerprint density at radius 2 is 1.89 bits per heavy atom. The summed E-state index contributed by atoms with van der Waals surface area (Å²) in [5.74, 6) is -0.590. The van der Waals surface area contributed by atoms with Crippen molar-refractivity contribution < 1.29 is 14.3 Å². The quantitative estimate of drug-likeness (QED) is 0.254. The SMILES string of the molecule is CC(=O)OC(C)n1cc(-c2cccc(C#N)c2)c2cc(-c3cccc(NC(=O)C=CCN(C)C)c3)cnc21. The van der Waals surface area contributed by atoms with Gasteiger partial charge in [-0.2, -0.15) is 5.26 Å². The molecule has 192 valence electrons. The number of likely N-dealkylation sites (N-methyl/N-ethyl adjacent to an activating group) is 1. The number of nitriles is 1. The van der Waals surface area contributed by atoms with Crippen molar-refractivity contribution in [3.05, 3.63) is 84.7 Å². The molecule has 0 aliphatic heterocycles. The maximum absolute atomic E-state index is 12.3. The number of rotatable bonds is 8. The number of hydrogen-bond acceptors (Lipinski definition) is 6. The Morgan fingerprint density at radius 3 is 2.63 bits per heavy atom. The average molecular weight is 508 g/mol. The second kappa shape index (κ2) is 11.5. The normalized spacial score (nSPS) is 12.0. The van der Waals surface area contributed by atoms with Gasteiger partial charge in [-0.25, -0.2) is 4.98 Å². The summed E-state index contributed by atoms with van der Waals surface area (Å²) >= 11 is 0. The molecule has 0 fully saturated rings. The molecule has 0 aliphatic carbocycles. The number of benzene rings is 2. The van der Waals surface area contributed by atoms with E-state index in [2.05, 4.69) is 11.4 Å². The topological polar surface area (TPSA) is 100 Å². The van der Waals surface area contributed by atoms with Crippen molar-refractivity contribution >= 4 is 28.6 Å². The molecule has 2 heterocycles. The molecule has 1 amide bonds. The summed E-state index contributed by atoms with van der Waals surface area (Å²) in [7, 11) is 3.88. The summed E-state index contributed by atoms with van der Waals surface area (Å²) in [6, 6.07) is 19.1. The first-order valence-electron chi connectivity index (χ1n) is 12.2. The molecule has 0 saturated carbocycles. The molecule has 8 nitrogen and oxygen atoms in total. The molecule has 1 unspecified atom stereocenters. The number of anilines is 1. The Hall–Kier alpha value is -4.74. The zero-order valence-electron chi connectivity index (χ0n) is 21.8. The molecule has 0 radical (unpaired) electrons. The fourth-order valence-electron chi connectivity index (χ4n) is 4.18. The maximum Gasteiger partial charge on any atom is 0.304 e. The third-order valence-electron chi connectivity index (χ3n) is 5.90. The van der Waals surface area contributed by atoms with Crippen LogP contribution in [-0.2, 0) is 14.3 Å². The molecule has 4 rings (SSSR count). The lowest BCUT2D eigenvalue weighted by atomic mass is 10.0. The third-order valence-corrected chi connectivity index (χ3v) is 5.90. The summed E-state index contributed by atoms with van der Waals surface area (Å²) in [6.07, 6.45) is 6.41. The number of esters is 1. The summed E-state index contributed by atoms with van der Waals surface area (Å²) in [5.41, 5.74) is 5.32. The maximum atomic E-state index is 12.3. The van der Waals surface area contributed by atoms with Gasteiger partial charge in [0.05, 0.1) is 11.6 Å². The second-order valence-electron chi connectivity index (χ2n) is 9.18. The molecule has 4 aromatic rings. The van der Waals surface area contributed by atoms with E-state index < -0.39 is 6.23 Å². The van der Waals surface area contributed by atoms with Gasteiger partial charge in [0.15, 0.2) is 6.23 Å². The minimum Gasteiger partial charge on any atom is -0.442 e. The molecular formula is C30H29N5O3. The lowest BCUT2D eigenvalue weighted by Gasteiger charge is -2.14. The van der Waals surface area contributed by atoms with Gasteiger partial charge < -0.3 is 15.0 Å². The molecule has 2 aromatic carbocycles.